The largest absolute Gasteiger partial charge is 0.490 e. The van der Waals surface area contributed by atoms with Gasteiger partial charge in [0, 0.05) is 39.1 Å². The topological polar surface area (TPSA) is 151 Å². The molecule has 0 unspecified atom stereocenters. The SMILES string of the molecule is N#CCCN1CCN(c2ccc(C(=O)O)cc2NS(=O)(=O)c2cccc(F)c2)CC1.O=C(O)C(F)(F)F. The summed E-state index contributed by atoms with van der Waals surface area (Å²) in [5, 5.41) is 25.2. The minimum absolute atomic E-state index is 0.0663. The van der Waals surface area contributed by atoms with Gasteiger partial charge in [-0.2, -0.15) is 18.4 Å². The van der Waals surface area contributed by atoms with E-state index in [1.54, 1.807) is 6.07 Å². The van der Waals surface area contributed by atoms with E-state index in [-0.39, 0.29) is 16.1 Å². The van der Waals surface area contributed by atoms with Crippen molar-refractivity contribution in [2.45, 2.75) is 17.5 Å². The van der Waals surface area contributed by atoms with Crippen molar-refractivity contribution >= 4 is 33.3 Å². The number of aromatic carboxylic acids is 1. The first-order valence-electron chi connectivity index (χ1n) is 10.5. The van der Waals surface area contributed by atoms with Crippen LogP contribution < -0.4 is 9.62 Å². The van der Waals surface area contributed by atoms with Crippen molar-refractivity contribution in [3.8, 4) is 6.07 Å². The van der Waals surface area contributed by atoms with Gasteiger partial charge in [0.1, 0.15) is 5.82 Å². The van der Waals surface area contributed by atoms with E-state index in [0.29, 0.717) is 44.8 Å². The number of carbonyl (C=O) groups is 2. The fraction of sp³-hybridized carbons (Fsp3) is 0.318. The molecular weight excluding hydrogens is 524 g/mol. The van der Waals surface area contributed by atoms with Gasteiger partial charge in [-0.25, -0.2) is 22.4 Å². The van der Waals surface area contributed by atoms with Crippen molar-refractivity contribution in [2.75, 3.05) is 42.3 Å². The quantitative estimate of drug-likeness (QED) is 0.445. The highest BCUT2D eigenvalue weighted by Gasteiger charge is 2.38. The summed E-state index contributed by atoms with van der Waals surface area (Å²) in [6.07, 6.45) is -4.65. The van der Waals surface area contributed by atoms with Gasteiger partial charge in [-0.1, -0.05) is 6.07 Å². The predicted octanol–water partition coefficient (Wildman–Crippen LogP) is 2.99. The smallest absolute Gasteiger partial charge is 0.478 e. The number of carboxylic acids is 2. The van der Waals surface area contributed by atoms with E-state index in [1.165, 1.54) is 24.3 Å². The number of anilines is 2. The van der Waals surface area contributed by atoms with Gasteiger partial charge in [-0.15, -0.1) is 0 Å². The number of rotatable bonds is 7. The lowest BCUT2D eigenvalue weighted by Gasteiger charge is -2.36. The zero-order valence-corrected chi connectivity index (χ0v) is 19.9. The van der Waals surface area contributed by atoms with Crippen LogP contribution in [0.1, 0.15) is 16.8 Å². The highest BCUT2D eigenvalue weighted by molar-refractivity contribution is 7.92. The Hall–Kier alpha value is -3.90. The van der Waals surface area contributed by atoms with E-state index in [4.69, 9.17) is 15.2 Å². The Morgan fingerprint density at radius 3 is 2.19 bits per heavy atom. The summed E-state index contributed by atoms with van der Waals surface area (Å²) in [5.74, 6) is -4.63. The molecule has 1 fully saturated rings. The number of hydrogen-bond donors (Lipinski definition) is 3. The number of hydrogen-bond acceptors (Lipinski definition) is 7. The van der Waals surface area contributed by atoms with Crippen molar-refractivity contribution in [3.63, 3.8) is 0 Å². The maximum Gasteiger partial charge on any atom is 0.490 e. The second-order valence-electron chi connectivity index (χ2n) is 7.64. The lowest BCUT2D eigenvalue weighted by molar-refractivity contribution is -0.192. The number of sulfonamides is 1. The van der Waals surface area contributed by atoms with Crippen LogP contribution in [-0.2, 0) is 14.8 Å². The molecule has 0 aliphatic carbocycles. The molecule has 0 saturated carbocycles. The van der Waals surface area contributed by atoms with E-state index in [2.05, 4.69) is 15.7 Å². The number of alkyl halides is 3. The Morgan fingerprint density at radius 1 is 1.05 bits per heavy atom. The molecule has 0 radical (unpaired) electrons. The van der Waals surface area contributed by atoms with Crippen LogP contribution in [-0.4, -0.2) is 74.4 Å². The van der Waals surface area contributed by atoms with E-state index in [9.17, 15) is 35.9 Å². The molecule has 1 aliphatic rings. The lowest BCUT2D eigenvalue weighted by Crippen LogP contribution is -2.46. The van der Waals surface area contributed by atoms with Crippen LogP contribution in [0.3, 0.4) is 0 Å². The van der Waals surface area contributed by atoms with Gasteiger partial charge in [0.05, 0.1) is 27.9 Å². The minimum atomic E-state index is -5.08. The summed E-state index contributed by atoms with van der Waals surface area (Å²) >= 11 is 0. The maximum absolute atomic E-state index is 13.5. The molecule has 1 saturated heterocycles. The Balaban J connectivity index is 0.000000604. The lowest BCUT2D eigenvalue weighted by atomic mass is 10.1. The number of benzene rings is 2. The van der Waals surface area contributed by atoms with Crippen molar-refractivity contribution in [1.29, 1.82) is 5.26 Å². The number of nitrogens with zero attached hydrogens (tertiary/aromatic N) is 3. The van der Waals surface area contributed by atoms with Crippen LogP contribution in [0.4, 0.5) is 28.9 Å². The summed E-state index contributed by atoms with van der Waals surface area (Å²) < 4.78 is 73.2. The molecule has 2 aromatic rings. The first kappa shape index (κ1) is 29.3. The van der Waals surface area contributed by atoms with Crippen molar-refractivity contribution in [1.82, 2.24) is 4.90 Å². The average Bonchev–Trinajstić information content (AvgIpc) is 2.82. The second-order valence-corrected chi connectivity index (χ2v) is 9.32. The molecule has 10 nitrogen and oxygen atoms in total. The van der Waals surface area contributed by atoms with E-state index in [0.717, 1.165) is 12.1 Å². The molecule has 0 bridgehead atoms. The third-order valence-corrected chi connectivity index (χ3v) is 6.45. The summed E-state index contributed by atoms with van der Waals surface area (Å²) in [6.45, 7) is 3.23. The molecule has 0 atom stereocenters. The fourth-order valence-corrected chi connectivity index (χ4v) is 4.38. The van der Waals surface area contributed by atoms with Gasteiger partial charge >= 0.3 is 18.1 Å². The van der Waals surface area contributed by atoms with Gasteiger partial charge in [0.25, 0.3) is 10.0 Å². The van der Waals surface area contributed by atoms with E-state index >= 15 is 0 Å². The molecule has 3 N–H and O–H groups in total. The zero-order chi connectivity index (χ0) is 27.8. The maximum atomic E-state index is 13.5. The van der Waals surface area contributed by atoms with Gasteiger partial charge in [0.2, 0.25) is 0 Å². The summed E-state index contributed by atoms with van der Waals surface area (Å²) in [6, 6.07) is 11.0. The number of aliphatic carboxylic acids is 1. The standard InChI is InChI=1S/C20H21FN4O4S.C2HF3O2/c21-16-3-1-4-17(14-16)30(28,29)23-18-13-15(20(26)27)5-6-19(18)25-11-9-24(10-12-25)8-2-7-22;3-2(4,5)1(6)7/h1,3-6,13-14,23H,2,8-12H2,(H,26,27);(H,6,7). The number of carboxylic acid groups (broad SMARTS) is 2. The Morgan fingerprint density at radius 2 is 1.68 bits per heavy atom. The van der Waals surface area contributed by atoms with Crippen molar-refractivity contribution < 1.29 is 45.8 Å². The van der Waals surface area contributed by atoms with Crippen LogP contribution in [0.2, 0.25) is 0 Å². The van der Waals surface area contributed by atoms with E-state index < -0.39 is 34.0 Å². The van der Waals surface area contributed by atoms with Crippen LogP contribution in [0.25, 0.3) is 0 Å². The summed E-state index contributed by atoms with van der Waals surface area (Å²) in [5.41, 5.74) is 0.591. The Kier molecular flexibility index (Phi) is 9.81. The van der Waals surface area contributed by atoms with E-state index in [1.807, 2.05) is 4.90 Å². The van der Waals surface area contributed by atoms with Crippen molar-refractivity contribution in [2.24, 2.45) is 0 Å². The normalized spacial score (nSPS) is 14.2. The predicted molar refractivity (Wildman–Crippen MR) is 123 cm³/mol. The molecular formula is C22H22F4N4O6S. The minimum Gasteiger partial charge on any atom is -0.478 e. The summed E-state index contributed by atoms with van der Waals surface area (Å²) in [7, 11) is -4.12. The third kappa shape index (κ3) is 8.62. The molecule has 3 rings (SSSR count). The number of piperazine rings is 1. The Bertz CT molecular complexity index is 1270. The van der Waals surface area contributed by atoms with Crippen LogP contribution in [0.15, 0.2) is 47.4 Å². The number of halogens is 4. The first-order chi connectivity index (χ1) is 17.2. The molecule has 37 heavy (non-hydrogen) atoms. The van der Waals surface area contributed by atoms with Gasteiger partial charge in [-0.05, 0) is 36.4 Å². The van der Waals surface area contributed by atoms with Crippen molar-refractivity contribution in [3.05, 3.63) is 53.8 Å². The number of nitrogens with one attached hydrogen (secondary N) is 1. The first-order valence-corrected chi connectivity index (χ1v) is 12.0. The van der Waals surface area contributed by atoms with Crippen LogP contribution in [0, 0.1) is 17.1 Å². The third-order valence-electron chi connectivity index (χ3n) is 5.09. The van der Waals surface area contributed by atoms with Gasteiger partial charge < -0.3 is 15.1 Å². The number of nitriles is 1. The fourth-order valence-electron chi connectivity index (χ4n) is 3.28. The molecule has 1 heterocycles. The molecule has 200 valence electrons. The van der Waals surface area contributed by atoms with Gasteiger partial charge in [0.15, 0.2) is 0 Å². The highest BCUT2D eigenvalue weighted by atomic mass is 32.2. The molecule has 2 aromatic carbocycles. The monoisotopic (exact) mass is 546 g/mol. The molecule has 0 spiro atoms. The Labute approximate surface area is 209 Å². The molecule has 15 heteroatoms. The summed E-state index contributed by atoms with van der Waals surface area (Å²) in [4.78, 5) is 24.1. The molecule has 1 aliphatic heterocycles. The van der Waals surface area contributed by atoms with Crippen LogP contribution >= 0.6 is 0 Å². The average molecular weight is 546 g/mol. The molecule has 0 aromatic heterocycles. The highest BCUT2D eigenvalue weighted by Crippen LogP contribution is 2.30. The zero-order valence-electron chi connectivity index (χ0n) is 19.1. The van der Waals surface area contributed by atoms with Gasteiger partial charge in [-0.3, -0.25) is 9.62 Å². The second kappa shape index (κ2) is 12.4. The van der Waals surface area contributed by atoms with Crippen LogP contribution in [0.5, 0.6) is 0 Å². The molecule has 0 amide bonds.